The number of esters is 2. The van der Waals surface area contributed by atoms with E-state index in [0.717, 1.165) is 96.6 Å². The van der Waals surface area contributed by atoms with Crippen LogP contribution in [0.5, 0.6) is 0 Å². The van der Waals surface area contributed by atoms with Crippen LogP contribution < -0.4 is 0 Å². The van der Waals surface area contributed by atoms with Crippen LogP contribution in [0.25, 0.3) is 0 Å². The van der Waals surface area contributed by atoms with Crippen molar-refractivity contribution in [3.8, 4) is 0 Å². The fourth-order valence-electron chi connectivity index (χ4n) is 8.36. The molecule has 0 rings (SSSR count). The second-order valence-corrected chi connectivity index (χ2v) is 18.4. The first-order chi connectivity index (χ1) is 28.8. The quantitative estimate of drug-likeness (QED) is 0.0449. The van der Waals surface area contributed by atoms with E-state index in [1.165, 1.54) is 135 Å². The largest absolute Gasteiger partial charge is 0.466 e. The molecule has 0 fully saturated rings. The molecule has 1 amide bonds. The molecular formula is C52H102N2O5. The van der Waals surface area contributed by atoms with E-state index in [1.807, 2.05) is 0 Å². The summed E-state index contributed by atoms with van der Waals surface area (Å²) in [6.07, 6.45) is 41.1. The number of nitrogens with zero attached hydrogens (tertiary/aromatic N) is 2. The number of rotatable bonds is 46. The van der Waals surface area contributed by atoms with Crippen LogP contribution in [0.2, 0.25) is 0 Å². The maximum absolute atomic E-state index is 13.9. The summed E-state index contributed by atoms with van der Waals surface area (Å²) >= 11 is 0. The Labute approximate surface area is 368 Å². The van der Waals surface area contributed by atoms with Gasteiger partial charge in [-0.1, -0.05) is 188 Å². The lowest BCUT2D eigenvalue weighted by molar-refractivity contribution is -0.145. The first-order valence-electron chi connectivity index (χ1n) is 26.0. The summed E-state index contributed by atoms with van der Waals surface area (Å²) in [5.74, 6) is 0.706. The molecule has 2 atom stereocenters. The fourth-order valence-corrected chi connectivity index (χ4v) is 8.36. The Balaban J connectivity index is 5.15. The standard InChI is InChI=1S/C52H102N2O5/c1-7-11-15-19-22-24-32-41-50(55)54(45-36-44-53(5)6)49(39-30-26-33-42-51(56)58-46-35-25-21-17-13-9-3)40-31-27-34-43-52(57)59-47-48(37-28-18-14-10-4)38-29-23-20-16-12-8-2/h48-49H,7-47H2,1-6H3. The Morgan fingerprint density at radius 1 is 0.407 bits per heavy atom. The van der Waals surface area contributed by atoms with Crippen molar-refractivity contribution >= 4 is 17.8 Å². The summed E-state index contributed by atoms with van der Waals surface area (Å²) in [6, 6.07) is 0.205. The van der Waals surface area contributed by atoms with Gasteiger partial charge in [0, 0.05) is 31.8 Å². The van der Waals surface area contributed by atoms with Crippen molar-refractivity contribution in [2.75, 3.05) is 40.4 Å². The van der Waals surface area contributed by atoms with Crippen LogP contribution in [0.3, 0.4) is 0 Å². The molecule has 0 saturated heterocycles. The Morgan fingerprint density at radius 2 is 0.797 bits per heavy atom. The molecule has 0 heterocycles. The van der Waals surface area contributed by atoms with Gasteiger partial charge in [-0.2, -0.15) is 0 Å². The van der Waals surface area contributed by atoms with E-state index in [4.69, 9.17) is 9.47 Å². The normalized spacial score (nSPS) is 12.5. The van der Waals surface area contributed by atoms with Gasteiger partial charge in [0.05, 0.1) is 13.2 Å². The maximum Gasteiger partial charge on any atom is 0.305 e. The number of unbranched alkanes of at least 4 members (excludes halogenated alkanes) is 23. The van der Waals surface area contributed by atoms with Crippen LogP contribution in [-0.2, 0) is 23.9 Å². The molecule has 0 aromatic heterocycles. The van der Waals surface area contributed by atoms with Crippen molar-refractivity contribution < 1.29 is 23.9 Å². The predicted molar refractivity (Wildman–Crippen MR) is 253 cm³/mol. The summed E-state index contributed by atoms with van der Waals surface area (Å²) in [7, 11) is 4.21. The van der Waals surface area contributed by atoms with Gasteiger partial charge < -0.3 is 19.3 Å². The summed E-state index contributed by atoms with van der Waals surface area (Å²) in [5.41, 5.74) is 0. The third-order valence-corrected chi connectivity index (χ3v) is 12.3. The Bertz CT molecular complexity index is 927. The van der Waals surface area contributed by atoms with Gasteiger partial charge in [0.2, 0.25) is 5.91 Å². The van der Waals surface area contributed by atoms with Gasteiger partial charge in [-0.15, -0.1) is 0 Å². The zero-order valence-corrected chi connectivity index (χ0v) is 40.6. The van der Waals surface area contributed by atoms with Crippen LogP contribution in [0.4, 0.5) is 0 Å². The minimum atomic E-state index is -0.0656. The minimum Gasteiger partial charge on any atom is -0.466 e. The molecule has 2 unspecified atom stereocenters. The Morgan fingerprint density at radius 3 is 1.31 bits per heavy atom. The zero-order chi connectivity index (χ0) is 43.4. The molecule has 0 N–H and O–H groups in total. The van der Waals surface area contributed by atoms with Gasteiger partial charge in [0.25, 0.3) is 0 Å². The average molecular weight is 835 g/mol. The fraction of sp³-hybridized carbons (Fsp3) is 0.942. The molecule has 7 heteroatoms. The molecule has 0 aliphatic carbocycles. The number of ether oxygens (including phenoxy) is 2. The summed E-state index contributed by atoms with van der Waals surface area (Å²) < 4.78 is 11.4. The lowest BCUT2D eigenvalue weighted by atomic mass is 9.95. The lowest BCUT2D eigenvalue weighted by Crippen LogP contribution is -2.41. The maximum atomic E-state index is 13.9. The molecule has 0 aromatic rings. The van der Waals surface area contributed by atoms with Gasteiger partial charge in [0.15, 0.2) is 0 Å². The van der Waals surface area contributed by atoms with Crippen LogP contribution >= 0.6 is 0 Å². The first-order valence-corrected chi connectivity index (χ1v) is 26.0. The van der Waals surface area contributed by atoms with E-state index >= 15 is 0 Å². The van der Waals surface area contributed by atoms with E-state index in [-0.39, 0.29) is 18.0 Å². The molecule has 0 aromatic carbocycles. The highest BCUT2D eigenvalue weighted by Gasteiger charge is 2.23. The topological polar surface area (TPSA) is 76.2 Å². The van der Waals surface area contributed by atoms with Crippen LogP contribution in [-0.4, -0.2) is 74.1 Å². The Kier molecular flexibility index (Phi) is 43.2. The van der Waals surface area contributed by atoms with Crippen molar-refractivity contribution in [3.63, 3.8) is 0 Å². The monoisotopic (exact) mass is 835 g/mol. The van der Waals surface area contributed by atoms with Gasteiger partial charge in [-0.3, -0.25) is 14.4 Å². The SMILES string of the molecule is CCCCCCCCCC(=O)N(CCCN(C)C)C(CCCCCC(=O)OCCCCCCCC)CCCCCC(=O)OCC(CCCCCC)CCCCCCCC. The number of carbonyl (C=O) groups excluding carboxylic acids is 3. The van der Waals surface area contributed by atoms with E-state index in [1.54, 1.807) is 0 Å². The molecular weight excluding hydrogens is 733 g/mol. The van der Waals surface area contributed by atoms with Crippen molar-refractivity contribution in [1.82, 2.24) is 9.80 Å². The van der Waals surface area contributed by atoms with Crippen molar-refractivity contribution in [3.05, 3.63) is 0 Å². The molecule has 0 spiro atoms. The number of amides is 1. The molecule has 7 nitrogen and oxygen atoms in total. The second-order valence-electron chi connectivity index (χ2n) is 18.4. The summed E-state index contributed by atoms with van der Waals surface area (Å²) in [4.78, 5) is 43.6. The van der Waals surface area contributed by atoms with E-state index in [2.05, 4.69) is 51.6 Å². The summed E-state index contributed by atoms with van der Waals surface area (Å²) in [5, 5.41) is 0. The number of carbonyl (C=O) groups is 3. The van der Waals surface area contributed by atoms with Crippen molar-refractivity contribution in [2.45, 2.75) is 271 Å². The Hall–Kier alpha value is -1.63. The van der Waals surface area contributed by atoms with Crippen molar-refractivity contribution in [1.29, 1.82) is 0 Å². The van der Waals surface area contributed by atoms with E-state index in [0.29, 0.717) is 44.3 Å². The van der Waals surface area contributed by atoms with E-state index < -0.39 is 0 Å². The van der Waals surface area contributed by atoms with Crippen LogP contribution in [0, 0.1) is 5.92 Å². The third kappa shape index (κ3) is 39.0. The second kappa shape index (κ2) is 44.4. The summed E-state index contributed by atoms with van der Waals surface area (Å²) in [6.45, 7) is 11.9. The molecule has 0 saturated carbocycles. The first kappa shape index (κ1) is 57.4. The molecule has 0 bridgehead atoms. The predicted octanol–water partition coefficient (Wildman–Crippen LogP) is 15.0. The third-order valence-electron chi connectivity index (χ3n) is 12.3. The minimum absolute atomic E-state index is 0.0382. The number of hydrogen-bond acceptors (Lipinski definition) is 6. The average Bonchev–Trinajstić information content (AvgIpc) is 3.22. The molecule has 350 valence electrons. The molecule has 0 aliphatic rings. The van der Waals surface area contributed by atoms with Gasteiger partial charge >= 0.3 is 11.9 Å². The van der Waals surface area contributed by atoms with Gasteiger partial charge in [0.1, 0.15) is 0 Å². The highest BCUT2D eigenvalue weighted by atomic mass is 16.5. The van der Waals surface area contributed by atoms with Crippen LogP contribution in [0.1, 0.15) is 265 Å². The van der Waals surface area contributed by atoms with E-state index in [9.17, 15) is 14.4 Å². The molecule has 0 radical (unpaired) electrons. The van der Waals surface area contributed by atoms with Crippen LogP contribution in [0.15, 0.2) is 0 Å². The van der Waals surface area contributed by atoms with Gasteiger partial charge in [-0.25, -0.2) is 0 Å². The highest BCUT2D eigenvalue weighted by molar-refractivity contribution is 5.76. The lowest BCUT2D eigenvalue weighted by Gasteiger charge is -2.33. The number of hydrogen-bond donors (Lipinski definition) is 0. The highest BCUT2D eigenvalue weighted by Crippen LogP contribution is 2.23. The van der Waals surface area contributed by atoms with Crippen molar-refractivity contribution in [2.24, 2.45) is 5.92 Å². The molecule has 0 aliphatic heterocycles. The zero-order valence-electron chi connectivity index (χ0n) is 40.6. The van der Waals surface area contributed by atoms with Gasteiger partial charge in [-0.05, 0) is 84.3 Å². The molecule has 59 heavy (non-hydrogen) atoms. The smallest absolute Gasteiger partial charge is 0.305 e.